The Morgan fingerprint density at radius 1 is 1.44 bits per heavy atom. The van der Waals surface area contributed by atoms with Crippen molar-refractivity contribution in [3.8, 4) is 0 Å². The number of hydrogen-bond donors (Lipinski definition) is 2. The topological polar surface area (TPSA) is 57.2 Å². The molecule has 2 rings (SSSR count). The molecule has 0 saturated heterocycles. The van der Waals surface area contributed by atoms with Crippen molar-refractivity contribution in [1.82, 2.24) is 10.4 Å². The van der Waals surface area contributed by atoms with E-state index in [1.807, 2.05) is 6.21 Å². The fourth-order valence-corrected chi connectivity index (χ4v) is 2.02. The van der Waals surface area contributed by atoms with Gasteiger partial charge in [-0.25, -0.2) is 5.43 Å². The molecule has 0 aromatic carbocycles. The molecule has 1 aromatic rings. The van der Waals surface area contributed by atoms with E-state index < -0.39 is 0 Å². The first-order chi connectivity index (χ1) is 7.86. The van der Waals surface area contributed by atoms with Gasteiger partial charge < -0.3 is 4.98 Å². The summed E-state index contributed by atoms with van der Waals surface area (Å²) in [5, 5.41) is 4.01. The summed E-state index contributed by atoms with van der Waals surface area (Å²) in [6.45, 7) is 0. The number of hydrogen-bond acceptors (Lipinski definition) is 2. The van der Waals surface area contributed by atoms with E-state index in [0.29, 0.717) is 11.6 Å². The molecular formula is C12H17N3O. The van der Waals surface area contributed by atoms with E-state index in [1.165, 1.54) is 32.1 Å². The van der Waals surface area contributed by atoms with E-state index in [9.17, 15) is 4.79 Å². The average Bonchev–Trinajstić information content (AvgIpc) is 2.84. The van der Waals surface area contributed by atoms with Crippen LogP contribution in [0.2, 0.25) is 0 Å². The maximum atomic E-state index is 11.5. The van der Waals surface area contributed by atoms with Gasteiger partial charge in [-0.3, -0.25) is 4.79 Å². The molecule has 1 aliphatic rings. The smallest absolute Gasteiger partial charge is 0.287 e. The third-order valence-corrected chi connectivity index (χ3v) is 2.94. The summed E-state index contributed by atoms with van der Waals surface area (Å²) in [6.07, 6.45) is 9.88. The van der Waals surface area contributed by atoms with Gasteiger partial charge in [0.15, 0.2) is 0 Å². The monoisotopic (exact) mass is 219 g/mol. The summed E-state index contributed by atoms with van der Waals surface area (Å²) >= 11 is 0. The van der Waals surface area contributed by atoms with Crippen LogP contribution in [0.25, 0.3) is 0 Å². The number of nitrogens with zero attached hydrogens (tertiary/aromatic N) is 1. The van der Waals surface area contributed by atoms with Crippen molar-refractivity contribution >= 4 is 12.1 Å². The molecular weight excluding hydrogens is 202 g/mol. The van der Waals surface area contributed by atoms with Crippen LogP contribution >= 0.6 is 0 Å². The molecule has 1 fully saturated rings. The SMILES string of the molecule is O=C(N/N=C\C1CCCCC1)c1ccc[nH]1. The normalized spacial score (nSPS) is 17.8. The molecule has 0 unspecified atom stereocenters. The molecule has 16 heavy (non-hydrogen) atoms. The number of carbonyl (C=O) groups excluding carboxylic acids is 1. The summed E-state index contributed by atoms with van der Waals surface area (Å²) in [5.74, 6) is 0.356. The van der Waals surface area contributed by atoms with Gasteiger partial charge in [0.25, 0.3) is 5.91 Å². The molecule has 0 spiro atoms. The molecule has 0 aliphatic heterocycles. The number of hydrazone groups is 1. The minimum absolute atomic E-state index is 0.183. The Bertz CT molecular complexity index is 350. The van der Waals surface area contributed by atoms with Crippen LogP contribution < -0.4 is 5.43 Å². The van der Waals surface area contributed by atoms with Gasteiger partial charge in [0.2, 0.25) is 0 Å². The van der Waals surface area contributed by atoms with Gasteiger partial charge in [-0.15, -0.1) is 0 Å². The molecule has 4 heteroatoms. The Labute approximate surface area is 95.1 Å². The lowest BCUT2D eigenvalue weighted by atomic mass is 9.90. The molecule has 1 heterocycles. The Kier molecular flexibility index (Phi) is 3.75. The fraction of sp³-hybridized carbons (Fsp3) is 0.500. The van der Waals surface area contributed by atoms with Crippen molar-refractivity contribution in [1.29, 1.82) is 0 Å². The summed E-state index contributed by atoms with van der Waals surface area (Å²) < 4.78 is 0. The summed E-state index contributed by atoms with van der Waals surface area (Å²) in [4.78, 5) is 14.3. The Hall–Kier alpha value is -1.58. The van der Waals surface area contributed by atoms with Crippen LogP contribution in [0.15, 0.2) is 23.4 Å². The van der Waals surface area contributed by atoms with Crippen molar-refractivity contribution in [2.75, 3.05) is 0 Å². The van der Waals surface area contributed by atoms with Crippen molar-refractivity contribution in [2.24, 2.45) is 11.0 Å². The standard InChI is InChI=1S/C12H17N3O/c16-12(11-7-4-8-13-11)15-14-9-10-5-2-1-3-6-10/h4,7-10,13H,1-3,5-6H2,(H,15,16)/b14-9-. The predicted molar refractivity (Wildman–Crippen MR) is 63.3 cm³/mol. The highest BCUT2D eigenvalue weighted by molar-refractivity contribution is 5.92. The lowest BCUT2D eigenvalue weighted by molar-refractivity contribution is 0.0950. The largest absolute Gasteiger partial charge is 0.357 e. The molecule has 1 amide bonds. The van der Waals surface area contributed by atoms with Gasteiger partial charge in [0.05, 0.1) is 0 Å². The van der Waals surface area contributed by atoms with Crippen LogP contribution in [-0.4, -0.2) is 17.1 Å². The van der Waals surface area contributed by atoms with Crippen molar-refractivity contribution in [2.45, 2.75) is 32.1 Å². The molecule has 0 atom stereocenters. The van der Waals surface area contributed by atoms with E-state index in [-0.39, 0.29) is 5.91 Å². The fourth-order valence-electron chi connectivity index (χ4n) is 2.02. The molecule has 0 radical (unpaired) electrons. The lowest BCUT2D eigenvalue weighted by Gasteiger charge is -2.16. The maximum Gasteiger partial charge on any atom is 0.287 e. The Morgan fingerprint density at radius 3 is 2.94 bits per heavy atom. The molecule has 2 N–H and O–H groups in total. The second-order valence-corrected chi connectivity index (χ2v) is 4.20. The third-order valence-electron chi connectivity index (χ3n) is 2.94. The molecule has 0 bridgehead atoms. The van der Waals surface area contributed by atoms with Crippen molar-refractivity contribution in [3.05, 3.63) is 24.0 Å². The van der Waals surface area contributed by atoms with E-state index in [2.05, 4.69) is 15.5 Å². The zero-order valence-corrected chi connectivity index (χ0v) is 9.28. The van der Waals surface area contributed by atoms with Gasteiger partial charge in [-0.2, -0.15) is 5.10 Å². The quantitative estimate of drug-likeness (QED) is 0.595. The second-order valence-electron chi connectivity index (χ2n) is 4.20. The summed E-state index contributed by atoms with van der Waals surface area (Å²) in [7, 11) is 0. The maximum absolute atomic E-state index is 11.5. The molecule has 4 nitrogen and oxygen atoms in total. The average molecular weight is 219 g/mol. The zero-order valence-electron chi connectivity index (χ0n) is 9.28. The van der Waals surface area contributed by atoms with Gasteiger partial charge in [0, 0.05) is 12.4 Å². The van der Waals surface area contributed by atoms with Gasteiger partial charge >= 0.3 is 0 Å². The minimum Gasteiger partial charge on any atom is -0.357 e. The number of aromatic nitrogens is 1. The van der Waals surface area contributed by atoms with Crippen LogP contribution in [0.3, 0.4) is 0 Å². The third kappa shape index (κ3) is 2.95. The van der Waals surface area contributed by atoms with E-state index in [4.69, 9.17) is 0 Å². The molecule has 86 valence electrons. The van der Waals surface area contributed by atoms with Gasteiger partial charge in [-0.1, -0.05) is 19.3 Å². The first-order valence-corrected chi connectivity index (χ1v) is 5.83. The molecule has 1 aliphatic carbocycles. The number of nitrogens with one attached hydrogen (secondary N) is 2. The van der Waals surface area contributed by atoms with E-state index in [1.54, 1.807) is 18.3 Å². The Balaban J connectivity index is 1.78. The van der Waals surface area contributed by atoms with Crippen LogP contribution in [-0.2, 0) is 0 Å². The van der Waals surface area contributed by atoms with Gasteiger partial charge in [0.1, 0.15) is 5.69 Å². The lowest BCUT2D eigenvalue weighted by Crippen LogP contribution is -2.19. The second kappa shape index (κ2) is 5.49. The first kappa shape index (κ1) is 10.9. The number of rotatable bonds is 3. The van der Waals surface area contributed by atoms with Gasteiger partial charge in [-0.05, 0) is 30.9 Å². The molecule has 1 saturated carbocycles. The first-order valence-electron chi connectivity index (χ1n) is 5.83. The van der Waals surface area contributed by atoms with E-state index >= 15 is 0 Å². The number of amides is 1. The van der Waals surface area contributed by atoms with Crippen LogP contribution in [0, 0.1) is 5.92 Å². The number of H-pyrrole nitrogens is 1. The highest BCUT2D eigenvalue weighted by Crippen LogP contribution is 2.21. The van der Waals surface area contributed by atoms with Crippen LogP contribution in [0.1, 0.15) is 42.6 Å². The summed E-state index contributed by atoms with van der Waals surface area (Å²) in [5.41, 5.74) is 3.07. The van der Waals surface area contributed by atoms with Crippen molar-refractivity contribution in [3.63, 3.8) is 0 Å². The highest BCUT2D eigenvalue weighted by atomic mass is 16.2. The highest BCUT2D eigenvalue weighted by Gasteiger charge is 2.11. The van der Waals surface area contributed by atoms with E-state index in [0.717, 1.165) is 0 Å². The zero-order chi connectivity index (χ0) is 11.2. The van der Waals surface area contributed by atoms with Crippen LogP contribution in [0.5, 0.6) is 0 Å². The molecule has 1 aromatic heterocycles. The van der Waals surface area contributed by atoms with Crippen LogP contribution in [0.4, 0.5) is 0 Å². The van der Waals surface area contributed by atoms with Crippen molar-refractivity contribution < 1.29 is 4.79 Å². The Morgan fingerprint density at radius 2 is 2.25 bits per heavy atom. The number of aromatic amines is 1. The minimum atomic E-state index is -0.183. The predicted octanol–water partition coefficient (Wildman–Crippen LogP) is 2.31. The summed E-state index contributed by atoms with van der Waals surface area (Å²) in [6, 6.07) is 3.52. The number of carbonyl (C=O) groups is 1.